The molecule has 0 atom stereocenters. The molecule has 0 aromatic carbocycles. The van der Waals surface area contributed by atoms with E-state index in [9.17, 15) is 4.39 Å². The summed E-state index contributed by atoms with van der Waals surface area (Å²) in [4.78, 5) is 0. The van der Waals surface area contributed by atoms with Gasteiger partial charge in [0.05, 0.1) is 17.9 Å². The van der Waals surface area contributed by atoms with Gasteiger partial charge in [-0.1, -0.05) is 6.92 Å². The van der Waals surface area contributed by atoms with Gasteiger partial charge < -0.3 is 5.32 Å². The second-order valence-electron chi connectivity index (χ2n) is 4.38. The smallest absolute Gasteiger partial charge is 0.109 e. The van der Waals surface area contributed by atoms with Crippen molar-refractivity contribution in [3.05, 3.63) is 35.9 Å². The Morgan fingerprint density at radius 1 is 1.05 bits per heavy atom. The molecule has 2 aromatic rings. The molecule has 2 heterocycles. The molecule has 0 aliphatic rings. The average Bonchev–Trinajstić information content (AvgIpc) is 3.01. The van der Waals surface area contributed by atoms with Crippen LogP contribution in [0.2, 0.25) is 0 Å². The first-order valence-electron chi connectivity index (χ1n) is 6.63. The van der Waals surface area contributed by atoms with Crippen LogP contribution in [0.25, 0.3) is 0 Å². The second kappa shape index (κ2) is 7.04. The minimum Gasteiger partial charge on any atom is -0.306 e. The Labute approximate surface area is 112 Å². The molecule has 6 heteroatoms. The molecule has 0 fully saturated rings. The van der Waals surface area contributed by atoms with Gasteiger partial charge in [-0.2, -0.15) is 10.2 Å². The van der Waals surface area contributed by atoms with Crippen LogP contribution in [-0.2, 0) is 26.2 Å². The topological polar surface area (TPSA) is 47.7 Å². The van der Waals surface area contributed by atoms with Gasteiger partial charge in [-0.15, -0.1) is 0 Å². The third-order valence-electron chi connectivity index (χ3n) is 2.95. The standard InChI is InChI=1S/C13H20FN5/c1-2-8-18-12(3-6-16-18)10-15-11-13-4-7-17-19(13)9-5-14/h3-4,6-7,15H,2,5,8-11H2,1H3. The first kappa shape index (κ1) is 13.7. The molecular weight excluding hydrogens is 245 g/mol. The van der Waals surface area contributed by atoms with Crippen molar-refractivity contribution in [2.75, 3.05) is 6.67 Å². The molecule has 0 saturated carbocycles. The molecule has 2 aromatic heterocycles. The van der Waals surface area contributed by atoms with Gasteiger partial charge >= 0.3 is 0 Å². The molecular formula is C13H20FN5. The molecule has 19 heavy (non-hydrogen) atoms. The minimum atomic E-state index is -0.391. The lowest BCUT2D eigenvalue weighted by Gasteiger charge is -2.09. The lowest BCUT2D eigenvalue weighted by molar-refractivity contribution is 0.416. The number of rotatable bonds is 8. The highest BCUT2D eigenvalue weighted by Crippen LogP contribution is 2.02. The van der Waals surface area contributed by atoms with Crippen LogP contribution in [0.1, 0.15) is 24.7 Å². The van der Waals surface area contributed by atoms with Gasteiger partial charge in [-0.3, -0.25) is 9.36 Å². The van der Waals surface area contributed by atoms with Crippen molar-refractivity contribution in [1.29, 1.82) is 0 Å². The summed E-state index contributed by atoms with van der Waals surface area (Å²) in [6.45, 7) is 4.42. The zero-order valence-corrected chi connectivity index (χ0v) is 11.2. The summed E-state index contributed by atoms with van der Waals surface area (Å²) in [7, 11) is 0. The van der Waals surface area contributed by atoms with Crippen molar-refractivity contribution in [1.82, 2.24) is 24.9 Å². The Bertz CT molecular complexity index is 446. The Morgan fingerprint density at radius 2 is 1.63 bits per heavy atom. The molecule has 0 bridgehead atoms. The first-order valence-corrected chi connectivity index (χ1v) is 6.63. The number of hydrogen-bond donors (Lipinski definition) is 1. The number of alkyl halides is 1. The van der Waals surface area contributed by atoms with Gasteiger partial charge in [-0.05, 0) is 18.6 Å². The molecule has 1 N–H and O–H groups in total. The summed E-state index contributed by atoms with van der Waals surface area (Å²) in [5.41, 5.74) is 2.16. The van der Waals surface area contributed by atoms with Gasteiger partial charge in [0.1, 0.15) is 6.67 Å². The molecule has 2 rings (SSSR count). The largest absolute Gasteiger partial charge is 0.306 e. The Kier molecular flexibility index (Phi) is 5.09. The molecule has 0 radical (unpaired) electrons. The van der Waals surface area contributed by atoms with E-state index in [-0.39, 0.29) is 0 Å². The van der Waals surface area contributed by atoms with Crippen molar-refractivity contribution < 1.29 is 4.39 Å². The summed E-state index contributed by atoms with van der Waals surface area (Å²) in [5.74, 6) is 0. The molecule has 0 unspecified atom stereocenters. The van der Waals surface area contributed by atoms with Crippen LogP contribution in [0.3, 0.4) is 0 Å². The van der Waals surface area contributed by atoms with Crippen LogP contribution in [0.4, 0.5) is 4.39 Å². The summed E-state index contributed by atoms with van der Waals surface area (Å²) in [6.07, 6.45) is 4.59. The fourth-order valence-corrected chi connectivity index (χ4v) is 2.03. The van der Waals surface area contributed by atoms with Crippen LogP contribution >= 0.6 is 0 Å². The van der Waals surface area contributed by atoms with E-state index in [4.69, 9.17) is 0 Å². The SMILES string of the molecule is CCCn1nccc1CNCc1ccnn1CCF. The summed E-state index contributed by atoms with van der Waals surface area (Å²) >= 11 is 0. The molecule has 0 aliphatic carbocycles. The first-order chi connectivity index (χ1) is 9.35. The van der Waals surface area contributed by atoms with E-state index in [1.165, 1.54) is 5.69 Å². The van der Waals surface area contributed by atoms with Crippen LogP contribution in [0.15, 0.2) is 24.5 Å². The third kappa shape index (κ3) is 3.64. The van der Waals surface area contributed by atoms with Crippen molar-refractivity contribution in [3.8, 4) is 0 Å². The zero-order valence-electron chi connectivity index (χ0n) is 11.2. The Balaban J connectivity index is 1.85. The number of halogens is 1. The fraction of sp³-hybridized carbons (Fsp3) is 0.538. The van der Waals surface area contributed by atoms with E-state index < -0.39 is 6.67 Å². The average molecular weight is 265 g/mol. The Hall–Kier alpha value is -1.69. The second-order valence-corrected chi connectivity index (χ2v) is 4.38. The Morgan fingerprint density at radius 3 is 2.16 bits per heavy atom. The van der Waals surface area contributed by atoms with Crippen molar-refractivity contribution in [3.63, 3.8) is 0 Å². The van der Waals surface area contributed by atoms with Gasteiger partial charge in [0.15, 0.2) is 0 Å². The van der Waals surface area contributed by atoms with E-state index in [1.54, 1.807) is 10.9 Å². The molecule has 0 amide bonds. The predicted molar refractivity (Wildman–Crippen MR) is 71.3 cm³/mol. The maximum absolute atomic E-state index is 12.3. The molecule has 104 valence electrons. The number of aryl methyl sites for hydroxylation is 2. The zero-order chi connectivity index (χ0) is 13.5. The maximum atomic E-state index is 12.3. The van der Waals surface area contributed by atoms with Crippen LogP contribution < -0.4 is 5.32 Å². The van der Waals surface area contributed by atoms with E-state index in [0.29, 0.717) is 13.1 Å². The minimum absolute atomic E-state index is 0.317. The summed E-state index contributed by atoms with van der Waals surface area (Å²) in [6, 6.07) is 3.92. The van der Waals surface area contributed by atoms with Crippen LogP contribution in [-0.4, -0.2) is 26.2 Å². The summed E-state index contributed by atoms with van der Waals surface area (Å²) < 4.78 is 16.0. The van der Waals surface area contributed by atoms with E-state index in [1.807, 2.05) is 23.0 Å². The molecule has 0 aliphatic heterocycles. The molecule has 0 saturated heterocycles. The van der Waals surface area contributed by atoms with Gasteiger partial charge in [0, 0.05) is 32.0 Å². The predicted octanol–water partition coefficient (Wildman–Crippen LogP) is 1.75. The van der Waals surface area contributed by atoms with E-state index in [2.05, 4.69) is 22.4 Å². The normalized spacial score (nSPS) is 11.1. The van der Waals surface area contributed by atoms with Gasteiger partial charge in [0.2, 0.25) is 0 Å². The third-order valence-corrected chi connectivity index (χ3v) is 2.95. The highest BCUT2D eigenvalue weighted by molar-refractivity contribution is 5.03. The highest BCUT2D eigenvalue weighted by Gasteiger charge is 2.04. The number of nitrogens with one attached hydrogen (secondary N) is 1. The lowest BCUT2D eigenvalue weighted by atomic mass is 10.3. The van der Waals surface area contributed by atoms with Gasteiger partial charge in [0.25, 0.3) is 0 Å². The van der Waals surface area contributed by atoms with Gasteiger partial charge in [-0.25, -0.2) is 4.39 Å². The maximum Gasteiger partial charge on any atom is 0.109 e. The molecule has 0 spiro atoms. The van der Waals surface area contributed by atoms with Crippen molar-refractivity contribution in [2.45, 2.75) is 39.5 Å². The number of aromatic nitrogens is 4. The molecule has 5 nitrogen and oxygen atoms in total. The number of nitrogens with zero attached hydrogens (tertiary/aromatic N) is 4. The van der Waals surface area contributed by atoms with Crippen molar-refractivity contribution in [2.24, 2.45) is 0 Å². The monoisotopic (exact) mass is 265 g/mol. The van der Waals surface area contributed by atoms with E-state index >= 15 is 0 Å². The van der Waals surface area contributed by atoms with Crippen LogP contribution in [0, 0.1) is 0 Å². The lowest BCUT2D eigenvalue weighted by Crippen LogP contribution is -2.19. The van der Waals surface area contributed by atoms with Crippen molar-refractivity contribution >= 4 is 0 Å². The summed E-state index contributed by atoms with van der Waals surface area (Å²) in [5, 5.41) is 11.7. The fourth-order valence-electron chi connectivity index (χ4n) is 2.03. The number of hydrogen-bond acceptors (Lipinski definition) is 3. The quantitative estimate of drug-likeness (QED) is 0.791. The van der Waals surface area contributed by atoms with E-state index in [0.717, 1.165) is 25.2 Å². The van der Waals surface area contributed by atoms with Crippen LogP contribution in [0.5, 0.6) is 0 Å². The highest BCUT2D eigenvalue weighted by atomic mass is 19.1.